The number of methoxy groups -OCH3 is 1. The predicted molar refractivity (Wildman–Crippen MR) is 163 cm³/mol. The number of likely N-dealkylation sites (tertiary alicyclic amines) is 1. The number of benzene rings is 1. The van der Waals surface area contributed by atoms with Crippen LogP contribution >= 0.6 is 11.3 Å². The number of ether oxygens (including phenoxy) is 1. The zero-order valence-corrected chi connectivity index (χ0v) is 25.0. The van der Waals surface area contributed by atoms with E-state index in [1.54, 1.807) is 43.6 Å². The normalized spacial score (nSPS) is 18.4. The van der Waals surface area contributed by atoms with Gasteiger partial charge in [-0.15, -0.1) is 11.3 Å². The first-order valence-electron chi connectivity index (χ1n) is 14.1. The number of anilines is 1. The fourth-order valence-electron chi connectivity index (χ4n) is 6.27. The average molecular weight is 587 g/mol. The molecule has 6 rings (SSSR count). The molecule has 5 heterocycles. The molecular formula is C32H34N4O5S. The Balaban J connectivity index is 1.49. The lowest BCUT2D eigenvalue weighted by Gasteiger charge is -2.38. The minimum Gasteiger partial charge on any atom is -0.496 e. The molecule has 1 aromatic carbocycles. The molecule has 0 unspecified atom stereocenters. The van der Waals surface area contributed by atoms with E-state index in [0.29, 0.717) is 36.5 Å². The van der Waals surface area contributed by atoms with Crippen LogP contribution in [0.4, 0.5) is 5.69 Å². The lowest BCUT2D eigenvalue weighted by molar-refractivity contribution is 0.0145. The van der Waals surface area contributed by atoms with Gasteiger partial charge in [-0.25, -0.2) is 0 Å². The van der Waals surface area contributed by atoms with Crippen LogP contribution in [0, 0.1) is 0 Å². The molecule has 0 radical (unpaired) electrons. The summed E-state index contributed by atoms with van der Waals surface area (Å²) in [6.45, 7) is 4.88. The average Bonchev–Trinajstić information content (AvgIpc) is 3.73. The summed E-state index contributed by atoms with van der Waals surface area (Å²) in [5.74, 6) is -0.145. The number of nitrogens with one attached hydrogen (secondary N) is 1. The molecule has 1 fully saturated rings. The highest BCUT2D eigenvalue weighted by Crippen LogP contribution is 2.44. The van der Waals surface area contributed by atoms with Crippen molar-refractivity contribution in [1.29, 1.82) is 0 Å². The third kappa shape index (κ3) is 4.46. The van der Waals surface area contributed by atoms with E-state index in [1.807, 2.05) is 47.5 Å². The second kappa shape index (κ2) is 10.6. The van der Waals surface area contributed by atoms with Crippen molar-refractivity contribution in [2.45, 2.75) is 51.3 Å². The van der Waals surface area contributed by atoms with Crippen molar-refractivity contribution < 1.29 is 19.4 Å². The number of hydrogen-bond donors (Lipinski definition) is 2. The summed E-state index contributed by atoms with van der Waals surface area (Å²) in [6.07, 6.45) is 3.19. The number of aromatic nitrogens is 2. The van der Waals surface area contributed by atoms with Crippen LogP contribution in [-0.2, 0) is 20.0 Å². The molecule has 9 nitrogen and oxygen atoms in total. The quantitative estimate of drug-likeness (QED) is 0.339. The molecule has 0 bridgehead atoms. The molecule has 218 valence electrons. The van der Waals surface area contributed by atoms with E-state index in [9.17, 15) is 19.5 Å². The summed E-state index contributed by atoms with van der Waals surface area (Å²) in [4.78, 5) is 43.1. The minimum atomic E-state index is -0.660. The Labute approximate surface area is 248 Å². The second-order valence-electron chi connectivity index (χ2n) is 11.3. The van der Waals surface area contributed by atoms with Crippen LogP contribution in [0.3, 0.4) is 0 Å². The van der Waals surface area contributed by atoms with E-state index in [0.717, 1.165) is 40.1 Å². The van der Waals surface area contributed by atoms with Crippen LogP contribution in [0.5, 0.6) is 5.75 Å². The fraction of sp³-hybridized carbons (Fsp3) is 0.344. The maximum Gasteiger partial charge on any atom is 0.274 e. The highest BCUT2D eigenvalue weighted by atomic mass is 32.1. The van der Waals surface area contributed by atoms with Crippen molar-refractivity contribution in [3.63, 3.8) is 0 Å². The molecule has 0 spiro atoms. The number of fused-ring (bicyclic) bond motifs is 3. The van der Waals surface area contributed by atoms with Crippen LogP contribution in [0.25, 0.3) is 21.7 Å². The third-order valence-electron chi connectivity index (χ3n) is 8.83. The molecule has 2 aliphatic rings. The van der Waals surface area contributed by atoms with Gasteiger partial charge in [0.2, 0.25) is 0 Å². The Morgan fingerprint density at radius 3 is 2.67 bits per heavy atom. The number of carbonyl (C=O) groups is 2. The van der Waals surface area contributed by atoms with Crippen LogP contribution in [0.15, 0.2) is 58.8 Å². The number of aliphatic hydroxyl groups excluding tert-OH is 1. The molecule has 0 saturated carbocycles. The molecular weight excluding hydrogens is 552 g/mol. The van der Waals surface area contributed by atoms with Crippen LogP contribution in [-0.4, -0.2) is 56.3 Å². The van der Waals surface area contributed by atoms with Gasteiger partial charge in [-0.05, 0) is 80.5 Å². The second-order valence-corrected chi connectivity index (χ2v) is 12.2. The van der Waals surface area contributed by atoms with Gasteiger partial charge in [0.1, 0.15) is 17.1 Å². The van der Waals surface area contributed by atoms with Gasteiger partial charge in [-0.3, -0.25) is 14.4 Å². The highest BCUT2D eigenvalue weighted by molar-refractivity contribution is 7.13. The van der Waals surface area contributed by atoms with E-state index in [4.69, 9.17) is 4.74 Å². The van der Waals surface area contributed by atoms with Crippen molar-refractivity contribution >= 4 is 28.8 Å². The first-order valence-corrected chi connectivity index (χ1v) is 15.0. The van der Waals surface area contributed by atoms with Gasteiger partial charge in [-0.1, -0.05) is 6.07 Å². The summed E-state index contributed by atoms with van der Waals surface area (Å²) in [6, 6.07) is 12.9. The largest absolute Gasteiger partial charge is 0.496 e. The first kappa shape index (κ1) is 28.0. The molecule has 0 aliphatic carbocycles. The monoisotopic (exact) mass is 586 g/mol. The van der Waals surface area contributed by atoms with Gasteiger partial charge in [0.15, 0.2) is 0 Å². The number of rotatable bonds is 6. The molecule has 2 N–H and O–H groups in total. The highest BCUT2D eigenvalue weighted by Gasteiger charge is 2.44. The number of hydrogen-bond acceptors (Lipinski definition) is 6. The zero-order valence-electron chi connectivity index (χ0n) is 24.1. The third-order valence-corrected chi connectivity index (χ3v) is 9.73. The van der Waals surface area contributed by atoms with Crippen molar-refractivity contribution in [1.82, 2.24) is 14.0 Å². The van der Waals surface area contributed by atoms with Gasteiger partial charge in [-0.2, -0.15) is 0 Å². The molecule has 4 aromatic rings. The van der Waals surface area contributed by atoms with Crippen molar-refractivity contribution in [2.24, 2.45) is 7.05 Å². The molecule has 2 aliphatic heterocycles. The van der Waals surface area contributed by atoms with Gasteiger partial charge in [0.05, 0.1) is 30.0 Å². The summed E-state index contributed by atoms with van der Waals surface area (Å²) in [5, 5.41) is 15.4. The summed E-state index contributed by atoms with van der Waals surface area (Å²) >= 11 is 1.59. The number of aryl methyl sites for hydroxylation is 2. The number of thiophene rings is 1. The van der Waals surface area contributed by atoms with E-state index in [1.165, 1.54) is 11.7 Å². The van der Waals surface area contributed by atoms with Gasteiger partial charge >= 0.3 is 0 Å². The summed E-state index contributed by atoms with van der Waals surface area (Å²) < 4.78 is 9.10. The topological polar surface area (TPSA) is 106 Å². The van der Waals surface area contributed by atoms with Crippen molar-refractivity contribution in [3.05, 3.63) is 81.2 Å². The van der Waals surface area contributed by atoms with Gasteiger partial charge < -0.3 is 29.2 Å². The molecule has 2 atom stereocenters. The lowest BCUT2D eigenvalue weighted by atomic mass is 9.92. The number of carbonyl (C=O) groups excluding carboxylic acids is 2. The fourth-order valence-corrected chi connectivity index (χ4v) is 7.01. The molecule has 1 saturated heterocycles. The SMILES string of the molecule is COc1cc2c(cc1C(=O)Nc1cccn(C)c1=O)-c1c(-c3cccs3)cc(C(=O)N3CCC[C@]3(C)[C@@H](C)O)n1CC2. The van der Waals surface area contributed by atoms with E-state index >= 15 is 0 Å². The number of amides is 2. The molecule has 42 heavy (non-hydrogen) atoms. The summed E-state index contributed by atoms with van der Waals surface area (Å²) in [7, 11) is 3.15. The lowest BCUT2D eigenvalue weighted by Crippen LogP contribution is -2.52. The predicted octanol–water partition coefficient (Wildman–Crippen LogP) is 4.77. The van der Waals surface area contributed by atoms with Crippen molar-refractivity contribution in [3.8, 4) is 27.4 Å². The van der Waals surface area contributed by atoms with E-state index in [-0.39, 0.29) is 17.2 Å². The standard InChI is InChI=1S/C32H34N4O5S/c1-19(37)32(2)11-7-13-36(32)31(40)25-18-23(27-9-6-15-42-27)28-21-17-22(26(41-4)16-20(21)10-14-35(25)28)29(38)33-24-8-5-12-34(3)30(24)39/h5-6,8-9,12,15-19,37H,7,10-11,13-14H2,1-4H3,(H,33,38)/t19-,32-/m1/s1. The maximum absolute atomic E-state index is 14.2. The Morgan fingerprint density at radius 1 is 1.14 bits per heavy atom. The smallest absolute Gasteiger partial charge is 0.274 e. The summed E-state index contributed by atoms with van der Waals surface area (Å²) in [5.41, 5.74) is 3.73. The molecule has 3 aromatic heterocycles. The zero-order chi connectivity index (χ0) is 29.8. The van der Waals surface area contributed by atoms with Gasteiger partial charge in [0.25, 0.3) is 17.4 Å². The molecule has 2 amide bonds. The number of aliphatic hydroxyl groups is 1. The van der Waals surface area contributed by atoms with Crippen LogP contribution < -0.4 is 15.6 Å². The first-order chi connectivity index (χ1) is 20.1. The Hall–Kier alpha value is -4.15. The Bertz CT molecular complexity index is 1750. The Kier molecular flexibility index (Phi) is 7.06. The molecule has 10 heteroatoms. The number of nitrogens with zero attached hydrogens (tertiary/aromatic N) is 3. The van der Waals surface area contributed by atoms with Crippen molar-refractivity contribution in [2.75, 3.05) is 19.0 Å². The van der Waals surface area contributed by atoms with Crippen LogP contribution in [0.1, 0.15) is 53.1 Å². The van der Waals surface area contributed by atoms with E-state index in [2.05, 4.69) is 9.88 Å². The van der Waals surface area contributed by atoms with Crippen LogP contribution in [0.2, 0.25) is 0 Å². The van der Waals surface area contributed by atoms with Gasteiger partial charge in [0, 0.05) is 42.3 Å². The number of pyridine rings is 1. The van der Waals surface area contributed by atoms with E-state index < -0.39 is 17.6 Å². The minimum absolute atomic E-state index is 0.102. The maximum atomic E-state index is 14.2. The Morgan fingerprint density at radius 2 is 1.95 bits per heavy atom.